The first kappa shape index (κ1) is 19.8. The predicted molar refractivity (Wildman–Crippen MR) is 117 cm³/mol. The molecule has 10 heteroatoms. The van der Waals surface area contributed by atoms with Gasteiger partial charge in [0.15, 0.2) is 5.82 Å². The van der Waals surface area contributed by atoms with E-state index in [1.54, 1.807) is 30.5 Å². The molecule has 2 aromatic heterocycles. The van der Waals surface area contributed by atoms with Crippen LogP contribution < -0.4 is 10.1 Å². The summed E-state index contributed by atoms with van der Waals surface area (Å²) in [5.41, 5.74) is 4.92. The number of carbonyl (C=O) groups excluding carboxylic acids is 1. The number of H-pyrrole nitrogens is 1. The Bertz CT molecular complexity index is 1310. The fourth-order valence-corrected chi connectivity index (χ4v) is 4.83. The van der Waals surface area contributed by atoms with Gasteiger partial charge in [0.05, 0.1) is 22.3 Å². The largest absolute Gasteiger partial charge is 0.337 e. The minimum absolute atomic E-state index is 0.152. The fourth-order valence-electron chi connectivity index (χ4n) is 2.75. The van der Waals surface area contributed by atoms with Gasteiger partial charge in [-0.25, -0.2) is 18.8 Å². The molecule has 1 amide bonds. The van der Waals surface area contributed by atoms with E-state index >= 15 is 0 Å². The van der Waals surface area contributed by atoms with Crippen LogP contribution in [0.5, 0.6) is 0 Å². The fraction of sp³-hybridized carbons (Fsp3) is 0.0500. The number of hydrazone groups is 1. The number of amides is 1. The highest BCUT2D eigenvalue weighted by atomic mass is 32.2. The number of para-hydroxylation sites is 3. The molecule has 0 saturated heterocycles. The van der Waals surface area contributed by atoms with Gasteiger partial charge >= 0.3 is 0 Å². The quantitative estimate of drug-likeness (QED) is 0.314. The molecule has 0 saturated carbocycles. The van der Waals surface area contributed by atoms with Gasteiger partial charge in [0.2, 0.25) is 0 Å². The average molecular weight is 440 g/mol. The number of hydrogen-bond acceptors (Lipinski definition) is 6. The number of sulfonamides is 1. The average Bonchev–Trinajstić information content (AvgIpc) is 3.42. The highest BCUT2D eigenvalue weighted by Crippen LogP contribution is 2.23. The lowest BCUT2D eigenvalue weighted by molar-refractivity contribution is 0.0955. The van der Waals surface area contributed by atoms with Gasteiger partial charge in [0, 0.05) is 0 Å². The van der Waals surface area contributed by atoms with Crippen molar-refractivity contribution in [2.24, 2.45) is 5.10 Å². The van der Waals surface area contributed by atoms with Crippen molar-refractivity contribution >= 4 is 49.7 Å². The molecule has 0 aliphatic rings. The number of aromatic amines is 1. The molecular weight excluding hydrogens is 422 g/mol. The number of carbonyl (C=O) groups is 1. The minimum Gasteiger partial charge on any atom is -0.337 e. The van der Waals surface area contributed by atoms with Crippen molar-refractivity contribution in [1.29, 1.82) is 0 Å². The molecule has 0 aliphatic carbocycles. The molecule has 0 spiro atoms. The van der Waals surface area contributed by atoms with Crippen molar-refractivity contribution in [3.8, 4) is 0 Å². The number of hydrogen-bond donors (Lipinski definition) is 3. The van der Waals surface area contributed by atoms with Gasteiger partial charge in [-0.2, -0.15) is 5.10 Å². The van der Waals surface area contributed by atoms with Gasteiger partial charge in [-0.1, -0.05) is 30.3 Å². The first-order chi connectivity index (χ1) is 14.4. The zero-order chi connectivity index (χ0) is 21.1. The number of fused-ring (bicyclic) bond motifs is 1. The van der Waals surface area contributed by atoms with Crippen LogP contribution in [0.1, 0.15) is 23.1 Å². The van der Waals surface area contributed by atoms with Gasteiger partial charge in [0.1, 0.15) is 9.92 Å². The van der Waals surface area contributed by atoms with Gasteiger partial charge in [0.25, 0.3) is 15.9 Å². The number of rotatable bonds is 6. The number of nitrogens with zero attached hydrogens (tertiary/aromatic N) is 2. The van der Waals surface area contributed by atoms with Crippen LogP contribution in [0.4, 0.5) is 5.69 Å². The minimum atomic E-state index is -3.78. The van der Waals surface area contributed by atoms with Crippen molar-refractivity contribution in [3.63, 3.8) is 0 Å². The maximum atomic E-state index is 12.7. The van der Waals surface area contributed by atoms with Gasteiger partial charge < -0.3 is 4.98 Å². The maximum absolute atomic E-state index is 12.7. The summed E-state index contributed by atoms with van der Waals surface area (Å²) in [5.74, 6) is -0.0156. The van der Waals surface area contributed by atoms with E-state index in [0.29, 0.717) is 11.5 Å². The third kappa shape index (κ3) is 4.09. The number of nitrogens with one attached hydrogen (secondary N) is 3. The Morgan fingerprint density at radius 3 is 2.60 bits per heavy atom. The van der Waals surface area contributed by atoms with Gasteiger partial charge in [-0.3, -0.25) is 9.52 Å². The molecule has 4 aromatic rings. The monoisotopic (exact) mass is 439 g/mol. The van der Waals surface area contributed by atoms with E-state index in [0.717, 1.165) is 22.4 Å². The second-order valence-corrected chi connectivity index (χ2v) is 9.18. The third-order valence-corrected chi connectivity index (χ3v) is 7.00. The van der Waals surface area contributed by atoms with E-state index in [1.165, 1.54) is 18.2 Å². The molecule has 30 heavy (non-hydrogen) atoms. The second-order valence-electron chi connectivity index (χ2n) is 6.32. The lowest BCUT2D eigenvalue weighted by atomic mass is 10.2. The molecule has 2 heterocycles. The van der Waals surface area contributed by atoms with E-state index in [2.05, 4.69) is 25.2 Å². The molecule has 3 N–H and O–H groups in total. The van der Waals surface area contributed by atoms with Crippen molar-refractivity contribution < 1.29 is 13.2 Å². The lowest BCUT2D eigenvalue weighted by Gasteiger charge is -2.10. The van der Waals surface area contributed by atoms with Crippen LogP contribution in [0.3, 0.4) is 0 Å². The SMILES string of the molecule is C/C(=N\NC(=O)c1ccccc1NS(=O)(=O)c1cccs1)c1nc2ccccc2[nH]1. The maximum Gasteiger partial charge on any atom is 0.273 e. The Morgan fingerprint density at radius 2 is 1.83 bits per heavy atom. The van der Waals surface area contributed by atoms with E-state index in [4.69, 9.17) is 0 Å². The van der Waals surface area contributed by atoms with E-state index < -0.39 is 15.9 Å². The summed E-state index contributed by atoms with van der Waals surface area (Å²) in [5, 5.41) is 5.77. The lowest BCUT2D eigenvalue weighted by Crippen LogP contribution is -2.22. The van der Waals surface area contributed by atoms with Gasteiger partial charge in [-0.05, 0) is 42.6 Å². The molecule has 152 valence electrons. The van der Waals surface area contributed by atoms with Crippen LogP contribution in [0.2, 0.25) is 0 Å². The highest BCUT2D eigenvalue weighted by Gasteiger charge is 2.19. The van der Waals surface area contributed by atoms with Crippen LogP contribution in [0, 0.1) is 0 Å². The standard InChI is InChI=1S/C20H17N5O3S2/c1-13(19-21-16-9-4-5-10-17(16)22-19)23-24-20(26)14-7-2-3-8-15(14)25-30(27,28)18-11-6-12-29-18/h2-12,25H,1H3,(H,21,22)(H,24,26)/b23-13+. The predicted octanol–water partition coefficient (Wildman–Crippen LogP) is 3.58. The summed E-state index contributed by atoms with van der Waals surface area (Å²) in [6, 6.07) is 17.0. The summed E-state index contributed by atoms with van der Waals surface area (Å²) in [7, 11) is -3.78. The second kappa shape index (κ2) is 8.09. The number of benzene rings is 2. The highest BCUT2D eigenvalue weighted by molar-refractivity contribution is 7.94. The Kier molecular flexibility index (Phi) is 5.34. The Hall–Kier alpha value is -3.50. The van der Waals surface area contributed by atoms with E-state index in [-0.39, 0.29) is 15.5 Å². The summed E-state index contributed by atoms with van der Waals surface area (Å²) in [4.78, 5) is 20.2. The van der Waals surface area contributed by atoms with Crippen molar-refractivity contribution in [1.82, 2.24) is 15.4 Å². The Labute approximate surface area is 176 Å². The molecule has 8 nitrogen and oxygen atoms in total. The first-order valence-corrected chi connectivity index (χ1v) is 11.3. The van der Waals surface area contributed by atoms with Gasteiger partial charge in [-0.15, -0.1) is 11.3 Å². The number of thiophene rings is 1. The zero-order valence-corrected chi connectivity index (χ0v) is 17.4. The Morgan fingerprint density at radius 1 is 1.07 bits per heavy atom. The summed E-state index contributed by atoms with van der Waals surface area (Å²) >= 11 is 1.09. The van der Waals surface area contributed by atoms with E-state index in [9.17, 15) is 13.2 Å². The number of aromatic nitrogens is 2. The smallest absolute Gasteiger partial charge is 0.273 e. The molecule has 2 aromatic carbocycles. The summed E-state index contributed by atoms with van der Waals surface area (Å²) in [6.45, 7) is 1.71. The van der Waals surface area contributed by atoms with E-state index in [1.807, 2.05) is 24.3 Å². The summed E-state index contributed by atoms with van der Waals surface area (Å²) in [6.07, 6.45) is 0. The third-order valence-electron chi connectivity index (χ3n) is 4.23. The van der Waals surface area contributed by atoms with Crippen LogP contribution in [-0.4, -0.2) is 30.0 Å². The molecule has 0 atom stereocenters. The number of imidazole rings is 1. The summed E-state index contributed by atoms with van der Waals surface area (Å²) < 4.78 is 27.6. The van der Waals surface area contributed by atoms with Crippen molar-refractivity contribution in [2.45, 2.75) is 11.1 Å². The molecule has 4 rings (SSSR count). The molecule has 0 fully saturated rings. The molecule has 0 unspecified atom stereocenters. The number of anilines is 1. The normalized spacial score (nSPS) is 12.1. The van der Waals surface area contributed by atoms with Crippen molar-refractivity contribution in [2.75, 3.05) is 4.72 Å². The molecular formula is C20H17N5O3S2. The molecule has 0 aliphatic heterocycles. The van der Waals surface area contributed by atoms with Crippen LogP contribution in [-0.2, 0) is 10.0 Å². The van der Waals surface area contributed by atoms with Crippen molar-refractivity contribution in [3.05, 3.63) is 77.4 Å². The van der Waals surface area contributed by atoms with Crippen LogP contribution in [0.25, 0.3) is 11.0 Å². The van der Waals surface area contributed by atoms with Crippen LogP contribution in [0.15, 0.2) is 75.4 Å². The molecule has 0 bridgehead atoms. The Balaban J connectivity index is 1.54. The zero-order valence-electron chi connectivity index (χ0n) is 15.8. The van der Waals surface area contributed by atoms with Crippen LogP contribution >= 0.6 is 11.3 Å². The topological polar surface area (TPSA) is 116 Å². The first-order valence-electron chi connectivity index (χ1n) is 8.89. The molecule has 0 radical (unpaired) electrons.